The molecule has 0 saturated carbocycles. The molecule has 0 fully saturated rings. The average Bonchev–Trinajstić information content (AvgIpc) is 2.28. The van der Waals surface area contributed by atoms with Crippen molar-refractivity contribution in [3.05, 3.63) is 29.8 Å². The number of hydrogen-bond acceptors (Lipinski definition) is 2. The number of ether oxygens (including phenoxy) is 1. The molecule has 0 spiro atoms. The standard InChI is InChI=1S/C12H15F4NO/c1-7(2)18-9-5-3-8(4-6-9)10(17)12(15,16)11(13)14/h3-7,10-11H,17H2,1-2H3. The van der Waals surface area contributed by atoms with Crippen molar-refractivity contribution >= 4 is 0 Å². The first-order valence-corrected chi connectivity index (χ1v) is 5.43. The molecule has 0 saturated heterocycles. The lowest BCUT2D eigenvalue weighted by Crippen LogP contribution is -2.39. The van der Waals surface area contributed by atoms with E-state index in [0.29, 0.717) is 5.75 Å². The Morgan fingerprint density at radius 3 is 2.00 bits per heavy atom. The van der Waals surface area contributed by atoms with Crippen molar-refractivity contribution in [2.45, 2.75) is 38.3 Å². The number of nitrogens with two attached hydrogens (primary N) is 1. The summed E-state index contributed by atoms with van der Waals surface area (Å²) >= 11 is 0. The van der Waals surface area contributed by atoms with Gasteiger partial charge in [-0.15, -0.1) is 0 Å². The summed E-state index contributed by atoms with van der Waals surface area (Å²) in [4.78, 5) is 0. The van der Waals surface area contributed by atoms with Crippen LogP contribution in [0.25, 0.3) is 0 Å². The van der Waals surface area contributed by atoms with Crippen molar-refractivity contribution < 1.29 is 22.3 Å². The minimum Gasteiger partial charge on any atom is -0.491 e. The molecule has 0 aliphatic carbocycles. The lowest BCUT2D eigenvalue weighted by atomic mass is 10.0. The van der Waals surface area contributed by atoms with Crippen LogP contribution in [0.4, 0.5) is 17.6 Å². The van der Waals surface area contributed by atoms with E-state index in [9.17, 15) is 17.6 Å². The molecule has 102 valence electrons. The molecule has 0 aliphatic heterocycles. The molecule has 0 radical (unpaired) electrons. The Bertz CT molecular complexity index is 378. The summed E-state index contributed by atoms with van der Waals surface area (Å²) in [5.41, 5.74) is 5.10. The van der Waals surface area contributed by atoms with Gasteiger partial charge in [-0.25, -0.2) is 8.78 Å². The zero-order valence-electron chi connectivity index (χ0n) is 10.0. The molecule has 2 N–H and O–H groups in total. The molecule has 1 aromatic rings. The fourth-order valence-corrected chi connectivity index (χ4v) is 1.38. The van der Waals surface area contributed by atoms with Gasteiger partial charge in [0, 0.05) is 0 Å². The van der Waals surface area contributed by atoms with Gasteiger partial charge < -0.3 is 10.5 Å². The topological polar surface area (TPSA) is 35.2 Å². The molecular formula is C12H15F4NO. The molecule has 1 rings (SSSR count). The van der Waals surface area contributed by atoms with E-state index < -0.39 is 18.4 Å². The molecule has 6 heteroatoms. The zero-order valence-corrected chi connectivity index (χ0v) is 10.0. The summed E-state index contributed by atoms with van der Waals surface area (Å²) in [6.07, 6.45) is -3.86. The van der Waals surface area contributed by atoms with Crippen LogP contribution >= 0.6 is 0 Å². The van der Waals surface area contributed by atoms with Crippen LogP contribution < -0.4 is 10.5 Å². The van der Waals surface area contributed by atoms with E-state index in [1.54, 1.807) is 0 Å². The van der Waals surface area contributed by atoms with Crippen LogP contribution in [-0.4, -0.2) is 18.5 Å². The smallest absolute Gasteiger partial charge is 0.326 e. The lowest BCUT2D eigenvalue weighted by molar-refractivity contribution is -0.144. The van der Waals surface area contributed by atoms with Crippen molar-refractivity contribution in [2.75, 3.05) is 0 Å². The van der Waals surface area contributed by atoms with Gasteiger partial charge in [0.05, 0.1) is 6.10 Å². The largest absolute Gasteiger partial charge is 0.491 e. The monoisotopic (exact) mass is 265 g/mol. The van der Waals surface area contributed by atoms with Crippen molar-refractivity contribution in [3.8, 4) is 5.75 Å². The number of benzene rings is 1. The highest BCUT2D eigenvalue weighted by molar-refractivity contribution is 5.30. The minimum atomic E-state index is -4.25. The van der Waals surface area contributed by atoms with Crippen molar-refractivity contribution in [3.63, 3.8) is 0 Å². The summed E-state index contributed by atoms with van der Waals surface area (Å²) in [5.74, 6) is -3.78. The molecule has 0 aromatic heterocycles. The maximum atomic E-state index is 13.0. The van der Waals surface area contributed by atoms with Gasteiger partial charge in [-0.05, 0) is 31.5 Å². The summed E-state index contributed by atoms with van der Waals surface area (Å²) < 4.78 is 55.7. The highest BCUT2D eigenvalue weighted by Crippen LogP contribution is 2.35. The molecule has 0 bridgehead atoms. The van der Waals surface area contributed by atoms with E-state index in [2.05, 4.69) is 0 Å². The third-order valence-corrected chi connectivity index (χ3v) is 2.32. The van der Waals surface area contributed by atoms with E-state index in [1.807, 2.05) is 13.8 Å². The van der Waals surface area contributed by atoms with E-state index in [-0.39, 0.29) is 11.7 Å². The molecule has 1 aromatic carbocycles. The fourth-order valence-electron chi connectivity index (χ4n) is 1.38. The predicted molar refractivity (Wildman–Crippen MR) is 60.1 cm³/mol. The summed E-state index contributed by atoms with van der Waals surface area (Å²) in [6.45, 7) is 3.62. The summed E-state index contributed by atoms with van der Waals surface area (Å²) in [7, 11) is 0. The van der Waals surface area contributed by atoms with Gasteiger partial charge in [0.15, 0.2) is 0 Å². The van der Waals surface area contributed by atoms with Crippen molar-refractivity contribution in [2.24, 2.45) is 5.73 Å². The Labute approximate surface area is 103 Å². The second kappa shape index (κ2) is 5.56. The fraction of sp³-hybridized carbons (Fsp3) is 0.500. The van der Waals surface area contributed by atoms with Crippen molar-refractivity contribution in [1.29, 1.82) is 0 Å². The van der Waals surface area contributed by atoms with Crippen molar-refractivity contribution in [1.82, 2.24) is 0 Å². The van der Waals surface area contributed by atoms with E-state index in [0.717, 1.165) is 0 Å². The van der Waals surface area contributed by atoms with Gasteiger partial charge in [0.1, 0.15) is 11.8 Å². The van der Waals surface area contributed by atoms with E-state index in [4.69, 9.17) is 10.5 Å². The van der Waals surface area contributed by atoms with Crippen LogP contribution in [0.15, 0.2) is 24.3 Å². The zero-order chi connectivity index (χ0) is 13.9. The lowest BCUT2D eigenvalue weighted by Gasteiger charge is -2.23. The second-order valence-electron chi connectivity index (χ2n) is 4.19. The maximum Gasteiger partial charge on any atom is 0.326 e. The number of rotatable bonds is 5. The summed E-state index contributed by atoms with van der Waals surface area (Å²) in [6, 6.07) is 3.34. The molecule has 0 aliphatic rings. The van der Waals surface area contributed by atoms with Gasteiger partial charge in [-0.2, -0.15) is 8.78 Å². The van der Waals surface area contributed by atoms with Crippen LogP contribution in [0.1, 0.15) is 25.5 Å². The van der Waals surface area contributed by atoms with E-state index in [1.165, 1.54) is 24.3 Å². The Kier molecular flexibility index (Phi) is 4.56. The predicted octanol–water partition coefficient (Wildman–Crippen LogP) is 3.37. The van der Waals surface area contributed by atoms with Crippen LogP contribution in [0.2, 0.25) is 0 Å². The third-order valence-electron chi connectivity index (χ3n) is 2.32. The molecule has 18 heavy (non-hydrogen) atoms. The highest BCUT2D eigenvalue weighted by atomic mass is 19.3. The van der Waals surface area contributed by atoms with Gasteiger partial charge >= 0.3 is 12.3 Å². The Hall–Kier alpha value is -1.30. The first kappa shape index (κ1) is 14.8. The molecule has 1 unspecified atom stereocenters. The third kappa shape index (κ3) is 3.35. The number of alkyl halides is 4. The molecule has 0 heterocycles. The first-order valence-electron chi connectivity index (χ1n) is 5.43. The minimum absolute atomic E-state index is 0.0589. The normalized spacial score (nSPS) is 14.1. The molecule has 1 atom stereocenters. The summed E-state index contributed by atoms with van der Waals surface area (Å²) in [5, 5.41) is 0. The Balaban J connectivity index is 2.85. The Morgan fingerprint density at radius 2 is 1.61 bits per heavy atom. The highest BCUT2D eigenvalue weighted by Gasteiger charge is 2.47. The SMILES string of the molecule is CC(C)Oc1ccc(C(N)C(F)(F)C(F)F)cc1. The number of hydrogen-bond donors (Lipinski definition) is 1. The average molecular weight is 265 g/mol. The van der Waals surface area contributed by atoms with Gasteiger partial charge in [0.25, 0.3) is 0 Å². The van der Waals surface area contributed by atoms with Gasteiger partial charge in [-0.3, -0.25) is 0 Å². The first-order chi connectivity index (χ1) is 8.25. The van der Waals surface area contributed by atoms with Crippen LogP contribution in [0.3, 0.4) is 0 Å². The van der Waals surface area contributed by atoms with Crippen LogP contribution in [0.5, 0.6) is 5.75 Å². The van der Waals surface area contributed by atoms with Crippen LogP contribution in [-0.2, 0) is 0 Å². The Morgan fingerprint density at radius 1 is 1.11 bits per heavy atom. The van der Waals surface area contributed by atoms with Crippen LogP contribution in [0, 0.1) is 0 Å². The van der Waals surface area contributed by atoms with Gasteiger partial charge in [-0.1, -0.05) is 12.1 Å². The molecule has 0 amide bonds. The van der Waals surface area contributed by atoms with E-state index >= 15 is 0 Å². The van der Waals surface area contributed by atoms with Gasteiger partial charge in [0.2, 0.25) is 0 Å². The quantitative estimate of drug-likeness (QED) is 0.828. The maximum absolute atomic E-state index is 13.0. The molecular weight excluding hydrogens is 250 g/mol. The second-order valence-corrected chi connectivity index (χ2v) is 4.19. The molecule has 2 nitrogen and oxygen atoms in total. The number of halogens is 4.